The largest absolute Gasteiger partial charge is 0.396 e. The molecule has 0 bridgehead atoms. The molecule has 16 heavy (non-hydrogen) atoms. The van der Waals surface area contributed by atoms with E-state index in [9.17, 15) is 0 Å². The molecule has 2 N–H and O–H groups in total. The molecule has 1 fully saturated rings. The second kappa shape index (κ2) is 5.99. The molecule has 0 spiro atoms. The molecule has 1 heterocycles. The predicted octanol–water partition coefficient (Wildman–Crippen LogP) is 1.47. The van der Waals surface area contributed by atoms with Crippen LogP contribution in [0, 0.1) is 5.41 Å². The van der Waals surface area contributed by atoms with Crippen molar-refractivity contribution in [3.63, 3.8) is 0 Å². The summed E-state index contributed by atoms with van der Waals surface area (Å²) in [6, 6.07) is 1.34. The molecular weight excluding hydrogens is 200 g/mol. The maximum atomic E-state index is 8.98. The highest BCUT2D eigenvalue weighted by atomic mass is 16.3. The number of aliphatic hydroxyl groups is 1. The van der Waals surface area contributed by atoms with Crippen LogP contribution in [0.2, 0.25) is 0 Å². The summed E-state index contributed by atoms with van der Waals surface area (Å²) in [5, 5.41) is 12.6. The normalized spacial score (nSPS) is 28.3. The number of piperidine rings is 1. The Morgan fingerprint density at radius 1 is 1.44 bits per heavy atom. The maximum absolute atomic E-state index is 8.98. The van der Waals surface area contributed by atoms with Crippen LogP contribution in [-0.4, -0.2) is 48.8 Å². The van der Waals surface area contributed by atoms with Gasteiger partial charge in [-0.2, -0.15) is 0 Å². The Hall–Kier alpha value is -0.120. The molecule has 3 heteroatoms. The minimum absolute atomic E-state index is 0.210. The number of nitrogens with one attached hydrogen (secondary N) is 1. The van der Waals surface area contributed by atoms with E-state index in [4.69, 9.17) is 5.11 Å². The lowest BCUT2D eigenvalue weighted by Crippen LogP contribution is -2.47. The van der Waals surface area contributed by atoms with Gasteiger partial charge in [0, 0.05) is 25.2 Å². The fourth-order valence-corrected chi connectivity index (χ4v) is 2.29. The number of hydrogen-bond acceptors (Lipinski definition) is 3. The quantitative estimate of drug-likeness (QED) is 0.748. The van der Waals surface area contributed by atoms with E-state index >= 15 is 0 Å². The Bertz CT molecular complexity index is 206. The van der Waals surface area contributed by atoms with E-state index < -0.39 is 0 Å². The van der Waals surface area contributed by atoms with Crippen molar-refractivity contribution in [3.8, 4) is 0 Å². The first-order valence-electron chi connectivity index (χ1n) is 6.49. The molecule has 1 aliphatic heterocycles. The maximum Gasteiger partial charge on any atom is 0.0436 e. The smallest absolute Gasteiger partial charge is 0.0436 e. The number of aliphatic hydroxyl groups excluding tert-OH is 1. The van der Waals surface area contributed by atoms with Gasteiger partial charge in [0.05, 0.1) is 0 Å². The summed E-state index contributed by atoms with van der Waals surface area (Å²) in [6.45, 7) is 9.22. The lowest BCUT2D eigenvalue weighted by molar-refractivity contribution is 0.152. The highest BCUT2D eigenvalue weighted by molar-refractivity contribution is 4.83. The minimum atomic E-state index is 0.210. The summed E-state index contributed by atoms with van der Waals surface area (Å²) in [7, 11) is 2.20. The van der Waals surface area contributed by atoms with Crippen LogP contribution in [0.3, 0.4) is 0 Å². The first-order valence-corrected chi connectivity index (χ1v) is 6.49. The van der Waals surface area contributed by atoms with Crippen LogP contribution in [0.15, 0.2) is 0 Å². The van der Waals surface area contributed by atoms with Gasteiger partial charge in [-0.1, -0.05) is 13.8 Å². The van der Waals surface area contributed by atoms with Gasteiger partial charge in [-0.15, -0.1) is 0 Å². The average molecular weight is 228 g/mol. The molecule has 0 aromatic heterocycles. The van der Waals surface area contributed by atoms with E-state index in [2.05, 4.69) is 38.0 Å². The summed E-state index contributed by atoms with van der Waals surface area (Å²) >= 11 is 0. The highest BCUT2D eigenvalue weighted by Gasteiger charge is 2.24. The van der Waals surface area contributed by atoms with Gasteiger partial charge in [0.1, 0.15) is 0 Å². The van der Waals surface area contributed by atoms with Crippen molar-refractivity contribution in [2.24, 2.45) is 5.41 Å². The molecule has 0 aromatic rings. The van der Waals surface area contributed by atoms with E-state index in [0.717, 1.165) is 13.0 Å². The second-order valence-electron chi connectivity index (χ2n) is 6.07. The molecule has 1 rings (SSSR count). The van der Waals surface area contributed by atoms with Crippen molar-refractivity contribution in [2.75, 3.05) is 26.7 Å². The van der Waals surface area contributed by atoms with Gasteiger partial charge in [-0.3, -0.25) is 0 Å². The molecule has 96 valence electrons. The third kappa shape index (κ3) is 4.40. The fourth-order valence-electron chi connectivity index (χ4n) is 2.29. The molecule has 0 aromatic carbocycles. The lowest BCUT2D eigenvalue weighted by atomic mass is 9.88. The van der Waals surface area contributed by atoms with Gasteiger partial charge in [0.25, 0.3) is 0 Å². The van der Waals surface area contributed by atoms with Gasteiger partial charge in [-0.25, -0.2) is 0 Å². The zero-order valence-electron chi connectivity index (χ0n) is 11.3. The SMILES string of the molecule is CC1CC(NCC(C)(C)CCO)CCN1C. The van der Waals surface area contributed by atoms with Crippen LogP contribution in [0.4, 0.5) is 0 Å². The predicted molar refractivity (Wildman–Crippen MR) is 68.6 cm³/mol. The lowest BCUT2D eigenvalue weighted by Gasteiger charge is -2.37. The minimum Gasteiger partial charge on any atom is -0.396 e. The summed E-state index contributed by atoms with van der Waals surface area (Å²) in [4.78, 5) is 2.43. The van der Waals surface area contributed by atoms with Crippen molar-refractivity contribution < 1.29 is 5.11 Å². The van der Waals surface area contributed by atoms with E-state index in [-0.39, 0.29) is 5.41 Å². The third-order valence-electron chi connectivity index (χ3n) is 3.87. The Morgan fingerprint density at radius 2 is 2.12 bits per heavy atom. The number of nitrogens with zero attached hydrogens (tertiary/aromatic N) is 1. The Kier molecular flexibility index (Phi) is 5.22. The van der Waals surface area contributed by atoms with Crippen LogP contribution < -0.4 is 5.32 Å². The van der Waals surface area contributed by atoms with Crippen LogP contribution >= 0.6 is 0 Å². The van der Waals surface area contributed by atoms with Crippen LogP contribution in [0.25, 0.3) is 0 Å². The second-order valence-corrected chi connectivity index (χ2v) is 6.07. The molecule has 0 amide bonds. The fraction of sp³-hybridized carbons (Fsp3) is 1.00. The Labute approximate surface area is 100 Å². The molecular formula is C13H28N2O. The topological polar surface area (TPSA) is 35.5 Å². The summed E-state index contributed by atoms with van der Waals surface area (Å²) in [6.07, 6.45) is 3.37. The van der Waals surface area contributed by atoms with Gasteiger partial charge in [0.15, 0.2) is 0 Å². The van der Waals surface area contributed by atoms with Crippen molar-refractivity contribution in [2.45, 2.75) is 52.1 Å². The molecule has 0 saturated carbocycles. The summed E-state index contributed by atoms with van der Waals surface area (Å²) in [5.41, 5.74) is 0.210. The summed E-state index contributed by atoms with van der Waals surface area (Å²) in [5.74, 6) is 0. The van der Waals surface area contributed by atoms with Crippen LogP contribution in [0.5, 0.6) is 0 Å². The van der Waals surface area contributed by atoms with Crippen LogP contribution in [0.1, 0.15) is 40.0 Å². The van der Waals surface area contributed by atoms with E-state index in [1.807, 2.05) is 0 Å². The van der Waals surface area contributed by atoms with Crippen molar-refractivity contribution in [1.82, 2.24) is 10.2 Å². The Morgan fingerprint density at radius 3 is 2.69 bits per heavy atom. The first-order chi connectivity index (χ1) is 7.44. The standard InChI is InChI=1S/C13H28N2O/c1-11-9-12(5-7-15(11)4)14-10-13(2,3)6-8-16/h11-12,14,16H,5-10H2,1-4H3. The molecule has 1 aliphatic rings. The zero-order valence-corrected chi connectivity index (χ0v) is 11.3. The number of rotatable bonds is 5. The highest BCUT2D eigenvalue weighted by Crippen LogP contribution is 2.20. The molecule has 1 saturated heterocycles. The Balaban J connectivity index is 2.28. The molecule has 3 nitrogen and oxygen atoms in total. The first kappa shape index (κ1) is 13.9. The van der Waals surface area contributed by atoms with Crippen molar-refractivity contribution >= 4 is 0 Å². The van der Waals surface area contributed by atoms with E-state index in [0.29, 0.717) is 18.7 Å². The van der Waals surface area contributed by atoms with Gasteiger partial charge in [-0.05, 0) is 45.2 Å². The van der Waals surface area contributed by atoms with Crippen LogP contribution in [-0.2, 0) is 0 Å². The van der Waals surface area contributed by atoms with Crippen molar-refractivity contribution in [1.29, 1.82) is 0 Å². The number of hydrogen-bond donors (Lipinski definition) is 2. The number of likely N-dealkylation sites (tertiary alicyclic amines) is 1. The molecule has 2 atom stereocenters. The van der Waals surface area contributed by atoms with E-state index in [1.165, 1.54) is 19.4 Å². The molecule has 2 unspecified atom stereocenters. The average Bonchev–Trinajstić information content (AvgIpc) is 2.20. The van der Waals surface area contributed by atoms with Crippen molar-refractivity contribution in [3.05, 3.63) is 0 Å². The monoisotopic (exact) mass is 228 g/mol. The molecule has 0 aliphatic carbocycles. The zero-order chi connectivity index (χ0) is 12.2. The van der Waals surface area contributed by atoms with E-state index in [1.54, 1.807) is 0 Å². The van der Waals surface area contributed by atoms with Gasteiger partial charge < -0.3 is 15.3 Å². The van der Waals surface area contributed by atoms with Gasteiger partial charge in [0.2, 0.25) is 0 Å². The third-order valence-corrected chi connectivity index (χ3v) is 3.87. The summed E-state index contributed by atoms with van der Waals surface area (Å²) < 4.78 is 0. The van der Waals surface area contributed by atoms with Gasteiger partial charge >= 0.3 is 0 Å². The molecule has 0 radical (unpaired) electrons.